The first-order valence-corrected chi connectivity index (χ1v) is 40.4. The van der Waals surface area contributed by atoms with E-state index in [0.29, 0.717) is 25.7 Å². The van der Waals surface area contributed by atoms with E-state index in [2.05, 4.69) is 137 Å². The Bertz CT molecular complexity index is 2380. The molecule has 0 aliphatic rings. The Morgan fingerprint density at radius 2 is 0.602 bits per heavy atom. The fourth-order valence-electron chi connectivity index (χ4n) is 9.38. The van der Waals surface area contributed by atoms with Gasteiger partial charge in [-0.15, -0.1) is 0 Å². The van der Waals surface area contributed by atoms with Crippen LogP contribution in [0.1, 0.15) is 285 Å². The summed E-state index contributed by atoms with van der Waals surface area (Å²) >= 11 is 0. The van der Waals surface area contributed by atoms with Crippen molar-refractivity contribution in [1.82, 2.24) is 0 Å². The molecule has 0 aliphatic heterocycles. The number of aliphatic hydroxyl groups is 1. The summed E-state index contributed by atoms with van der Waals surface area (Å²) in [7, 11) is -9.99. The average Bonchev–Trinajstić information content (AvgIpc) is 1.06. The van der Waals surface area contributed by atoms with Crippen molar-refractivity contribution in [2.75, 3.05) is 39.6 Å². The first kappa shape index (κ1) is 93.2. The number of phosphoric acid groups is 2. The number of allylic oxidation sites excluding steroid dienone is 21. The molecule has 98 heavy (non-hydrogen) atoms. The van der Waals surface area contributed by atoms with Crippen LogP contribution < -0.4 is 0 Å². The number of unbranched alkanes of at least 4 members (excludes halogenated alkanes) is 22. The van der Waals surface area contributed by atoms with Crippen LogP contribution in [0.25, 0.3) is 0 Å². The first-order chi connectivity index (χ1) is 47.7. The SMILES string of the molecule is CC/C=C\C/C=C\C/C=C\C/C=C\C/C=C\CC(=O)OC(COC(=O)CCCCCCCC/C=C\C/C=C\C/C=C\CCCCC)COP(=O)(O)OCC(O)COP(=O)(O)OCC(COC(=O)CCCCCCC/C=C\C/C=C\CCC)OC(=O)CCCCCCC/C=C\CCCC. The van der Waals surface area contributed by atoms with Gasteiger partial charge < -0.3 is 33.8 Å². The van der Waals surface area contributed by atoms with Crippen molar-refractivity contribution in [3.63, 3.8) is 0 Å². The molecule has 560 valence electrons. The van der Waals surface area contributed by atoms with Crippen LogP contribution in [0.2, 0.25) is 0 Å². The molecule has 3 N–H and O–H groups in total. The summed E-state index contributed by atoms with van der Waals surface area (Å²) in [6, 6.07) is 0. The highest BCUT2D eigenvalue weighted by atomic mass is 31.2. The molecule has 0 aliphatic carbocycles. The molecule has 0 saturated heterocycles. The molecule has 0 rings (SSSR count). The number of hydrogen-bond acceptors (Lipinski definition) is 15. The zero-order valence-corrected chi connectivity index (χ0v) is 62.7. The second-order valence-corrected chi connectivity index (χ2v) is 27.4. The highest BCUT2D eigenvalue weighted by Gasteiger charge is 2.30. The molecule has 0 bridgehead atoms. The third-order valence-corrected chi connectivity index (χ3v) is 17.0. The molecule has 0 spiro atoms. The summed E-state index contributed by atoms with van der Waals surface area (Å²) in [4.78, 5) is 72.7. The molecule has 5 atom stereocenters. The standard InChI is InChI=1S/C79H132O17P2/c1-5-9-13-17-21-25-29-32-34-35-36-37-39-41-45-48-52-56-60-64-77(82)90-70-75(96-79(84)66-62-58-54-50-46-42-38-33-30-26-22-18-14-10-6-2)72-94-98(87,88)92-68-73(80)67-91-97(85,86)93-71-74(95-78(83)65-61-57-53-49-43-28-24-20-16-12-8-4)69-89-76(81)63-59-55-51-47-44-40-31-27-23-19-15-11-7-3/h10,14-15,19-22,24-27,31-34,36-38,46,50,58,62,73-75,80H,5-9,11-13,16-18,23,28-30,35,39-45,47-49,51-57,59-61,63-72H2,1-4H3,(H,85,86)(H,87,88)/b14-10-,19-15-,24-20-,25-21-,26-22-,31-27-,34-32-,37-36-,38-33-,50-46-,62-58-. The van der Waals surface area contributed by atoms with E-state index in [1.54, 1.807) is 12.2 Å². The predicted octanol–water partition coefficient (Wildman–Crippen LogP) is 21.3. The molecule has 0 saturated carbocycles. The third-order valence-electron chi connectivity index (χ3n) is 15.1. The van der Waals surface area contributed by atoms with Crippen LogP contribution in [0, 0.1) is 0 Å². The molecule has 19 heteroatoms. The quantitative estimate of drug-likeness (QED) is 0.0169. The zero-order valence-electron chi connectivity index (χ0n) is 60.9. The van der Waals surface area contributed by atoms with Gasteiger partial charge in [0, 0.05) is 19.3 Å². The van der Waals surface area contributed by atoms with Gasteiger partial charge in [-0.1, -0.05) is 258 Å². The molecule has 0 fully saturated rings. The van der Waals surface area contributed by atoms with Crippen molar-refractivity contribution in [1.29, 1.82) is 0 Å². The lowest BCUT2D eigenvalue weighted by atomic mass is 10.1. The minimum absolute atomic E-state index is 0.0761. The lowest BCUT2D eigenvalue weighted by Gasteiger charge is -2.21. The van der Waals surface area contributed by atoms with Gasteiger partial charge in [0.1, 0.15) is 19.3 Å². The monoisotopic (exact) mass is 1410 g/mol. The van der Waals surface area contributed by atoms with Gasteiger partial charge in [0.2, 0.25) is 0 Å². The van der Waals surface area contributed by atoms with Crippen molar-refractivity contribution >= 4 is 39.5 Å². The van der Waals surface area contributed by atoms with Crippen molar-refractivity contribution in [3.8, 4) is 0 Å². The second kappa shape index (κ2) is 70.6. The van der Waals surface area contributed by atoms with E-state index in [-0.39, 0.29) is 25.7 Å². The molecule has 0 aromatic heterocycles. The molecule has 0 aromatic rings. The topological polar surface area (TPSA) is 237 Å². The molecular formula is C79H132O17P2. The van der Waals surface area contributed by atoms with Crippen molar-refractivity contribution in [3.05, 3.63) is 134 Å². The summed E-state index contributed by atoms with van der Waals surface area (Å²) in [5.74, 6) is -2.37. The molecule has 0 aromatic carbocycles. The molecule has 0 amide bonds. The van der Waals surface area contributed by atoms with Gasteiger partial charge in [-0.2, -0.15) is 0 Å². The van der Waals surface area contributed by atoms with E-state index < -0.39 is 97.5 Å². The van der Waals surface area contributed by atoms with Crippen LogP contribution in [-0.2, 0) is 65.4 Å². The lowest BCUT2D eigenvalue weighted by Crippen LogP contribution is -2.30. The minimum Gasteiger partial charge on any atom is -0.462 e. The van der Waals surface area contributed by atoms with E-state index >= 15 is 0 Å². The summed E-state index contributed by atoms with van der Waals surface area (Å²) < 4.78 is 68.2. The van der Waals surface area contributed by atoms with Gasteiger partial charge in [-0.3, -0.25) is 37.3 Å². The van der Waals surface area contributed by atoms with Gasteiger partial charge in [0.05, 0.1) is 32.8 Å². The second-order valence-electron chi connectivity index (χ2n) is 24.5. The van der Waals surface area contributed by atoms with Gasteiger partial charge in [-0.05, 0) is 135 Å². The number of ether oxygens (including phenoxy) is 4. The molecule has 5 unspecified atom stereocenters. The van der Waals surface area contributed by atoms with Gasteiger partial charge in [-0.25, -0.2) is 9.13 Å². The summed E-state index contributed by atoms with van der Waals surface area (Å²) in [5, 5.41) is 10.6. The summed E-state index contributed by atoms with van der Waals surface area (Å²) in [5.41, 5.74) is 0. The van der Waals surface area contributed by atoms with Crippen LogP contribution in [0.3, 0.4) is 0 Å². The van der Waals surface area contributed by atoms with Crippen LogP contribution in [-0.4, -0.2) is 96.7 Å². The van der Waals surface area contributed by atoms with E-state index in [1.807, 2.05) is 12.2 Å². The van der Waals surface area contributed by atoms with E-state index in [1.165, 1.54) is 32.1 Å². The Morgan fingerprint density at radius 3 is 0.990 bits per heavy atom. The summed E-state index contributed by atoms with van der Waals surface area (Å²) in [6.45, 7) is 4.45. The largest absolute Gasteiger partial charge is 0.472 e. The Labute approximate surface area is 593 Å². The van der Waals surface area contributed by atoms with Gasteiger partial charge in [0.25, 0.3) is 0 Å². The van der Waals surface area contributed by atoms with Crippen LogP contribution in [0.15, 0.2) is 134 Å². The van der Waals surface area contributed by atoms with E-state index in [9.17, 15) is 43.2 Å². The maximum atomic E-state index is 13.1. The first-order valence-electron chi connectivity index (χ1n) is 37.4. The fourth-order valence-corrected chi connectivity index (χ4v) is 11.0. The Kier molecular flexibility index (Phi) is 67.2. The molecule has 0 radical (unpaired) electrons. The Balaban J connectivity index is 5.41. The predicted molar refractivity (Wildman–Crippen MR) is 399 cm³/mol. The lowest BCUT2D eigenvalue weighted by molar-refractivity contribution is -0.161. The number of phosphoric ester groups is 2. The highest BCUT2D eigenvalue weighted by molar-refractivity contribution is 7.47. The van der Waals surface area contributed by atoms with Crippen molar-refractivity contribution in [2.24, 2.45) is 0 Å². The molecular weight excluding hydrogens is 1280 g/mol. The number of carbonyl (C=O) groups is 4. The van der Waals surface area contributed by atoms with E-state index in [4.69, 9.17) is 37.0 Å². The molecule has 17 nitrogen and oxygen atoms in total. The minimum atomic E-state index is -5.00. The van der Waals surface area contributed by atoms with Crippen LogP contribution in [0.4, 0.5) is 0 Å². The Morgan fingerprint density at radius 1 is 0.306 bits per heavy atom. The number of carbonyl (C=O) groups excluding carboxylic acids is 4. The van der Waals surface area contributed by atoms with Crippen LogP contribution >= 0.6 is 15.6 Å². The normalized spacial score (nSPS) is 14.7. The fraction of sp³-hybridized carbons (Fsp3) is 0.671. The van der Waals surface area contributed by atoms with Crippen molar-refractivity contribution in [2.45, 2.75) is 303 Å². The highest BCUT2D eigenvalue weighted by Crippen LogP contribution is 2.45. The maximum absolute atomic E-state index is 13.1. The third kappa shape index (κ3) is 69.7. The number of hydrogen-bond donors (Lipinski definition) is 3. The van der Waals surface area contributed by atoms with Crippen LogP contribution in [0.5, 0.6) is 0 Å². The number of rotatable bonds is 69. The number of esters is 4. The molecule has 0 heterocycles. The Hall–Kier alpha value is -4.80. The average molecular weight is 1420 g/mol. The number of aliphatic hydroxyl groups excluding tert-OH is 1. The maximum Gasteiger partial charge on any atom is 0.472 e. The zero-order chi connectivity index (χ0) is 71.8. The van der Waals surface area contributed by atoms with Gasteiger partial charge >= 0.3 is 39.5 Å². The van der Waals surface area contributed by atoms with Crippen molar-refractivity contribution < 1.29 is 80.2 Å². The summed E-state index contributed by atoms with van der Waals surface area (Å²) in [6.07, 6.45) is 77.7. The van der Waals surface area contributed by atoms with E-state index in [0.717, 1.165) is 173 Å². The van der Waals surface area contributed by atoms with Gasteiger partial charge in [0.15, 0.2) is 12.2 Å². The smallest absolute Gasteiger partial charge is 0.462 e.